The molecule has 0 bridgehead atoms. The van der Waals surface area contributed by atoms with Crippen LogP contribution < -0.4 is 0 Å². The first-order valence-electron chi connectivity index (χ1n) is 4.00. The van der Waals surface area contributed by atoms with Crippen LogP contribution in [0.5, 0.6) is 0 Å². The van der Waals surface area contributed by atoms with Gasteiger partial charge in [-0.15, -0.1) is 0 Å². The lowest BCUT2D eigenvalue weighted by molar-refractivity contribution is 0.293. The molecule has 0 radical (unpaired) electrons. The Kier molecular flexibility index (Phi) is 4.93. The van der Waals surface area contributed by atoms with Gasteiger partial charge < -0.3 is 0 Å². The van der Waals surface area contributed by atoms with Crippen molar-refractivity contribution in [2.75, 3.05) is 8.86 Å². The molecule has 1 fully saturated rings. The molecule has 0 heterocycles. The molecule has 0 spiro atoms. The first-order chi connectivity index (χ1) is 4.88. The van der Waals surface area contributed by atoms with Crippen molar-refractivity contribution in [2.45, 2.75) is 25.7 Å². The van der Waals surface area contributed by atoms with Gasteiger partial charge in [-0.05, 0) is 24.7 Å². The summed E-state index contributed by atoms with van der Waals surface area (Å²) in [7, 11) is 0. The summed E-state index contributed by atoms with van der Waals surface area (Å²) in [6.45, 7) is 0. The van der Waals surface area contributed by atoms with Crippen molar-refractivity contribution in [3.8, 4) is 0 Å². The van der Waals surface area contributed by atoms with E-state index in [0.29, 0.717) is 0 Å². The van der Waals surface area contributed by atoms with Crippen LogP contribution in [0.2, 0.25) is 0 Å². The maximum atomic E-state index is 2.54. The Morgan fingerprint density at radius 2 is 1.30 bits per heavy atom. The van der Waals surface area contributed by atoms with Crippen molar-refractivity contribution < 1.29 is 0 Å². The molecule has 2 atom stereocenters. The first kappa shape index (κ1) is 9.55. The second-order valence-corrected chi connectivity index (χ2v) is 4.87. The summed E-state index contributed by atoms with van der Waals surface area (Å²) >= 11 is 5.08. The number of halogens is 2. The average Bonchev–Trinajstić information content (AvgIpc) is 2.04. The van der Waals surface area contributed by atoms with Crippen LogP contribution in [0.15, 0.2) is 0 Å². The quantitative estimate of drug-likeness (QED) is 0.518. The fourth-order valence-corrected chi connectivity index (χ4v) is 4.01. The minimum Gasteiger partial charge on any atom is -0.0861 e. The van der Waals surface area contributed by atoms with Gasteiger partial charge in [0, 0.05) is 8.86 Å². The van der Waals surface area contributed by atoms with Crippen molar-refractivity contribution in [3.63, 3.8) is 0 Å². The Bertz CT molecular complexity index is 81.3. The standard InChI is InChI=1S/C8H14I2/c9-5-7-3-1-2-4-8(7)6-10/h7-8H,1-6H2/t7-,8-/m0/s1. The second-order valence-electron chi connectivity index (χ2n) is 3.11. The maximum absolute atomic E-state index is 2.54. The number of hydrogen-bond acceptors (Lipinski definition) is 0. The van der Waals surface area contributed by atoms with Crippen LogP contribution >= 0.6 is 45.2 Å². The molecule has 10 heavy (non-hydrogen) atoms. The monoisotopic (exact) mass is 364 g/mol. The summed E-state index contributed by atoms with van der Waals surface area (Å²) in [6, 6.07) is 0. The molecule has 0 aromatic rings. The van der Waals surface area contributed by atoms with Gasteiger partial charge in [-0.3, -0.25) is 0 Å². The van der Waals surface area contributed by atoms with Gasteiger partial charge in [-0.2, -0.15) is 0 Å². The van der Waals surface area contributed by atoms with Gasteiger partial charge in [0.25, 0.3) is 0 Å². The molecule has 0 aromatic heterocycles. The van der Waals surface area contributed by atoms with Crippen molar-refractivity contribution in [1.82, 2.24) is 0 Å². The van der Waals surface area contributed by atoms with Crippen LogP contribution in [0, 0.1) is 11.8 Å². The summed E-state index contributed by atoms with van der Waals surface area (Å²) in [5.74, 6) is 2.09. The minimum absolute atomic E-state index is 1.05. The van der Waals surface area contributed by atoms with E-state index in [1.165, 1.54) is 34.5 Å². The topological polar surface area (TPSA) is 0 Å². The predicted octanol–water partition coefficient (Wildman–Crippen LogP) is 3.66. The SMILES string of the molecule is IC[C@@H]1CCCC[C@H]1CI. The van der Waals surface area contributed by atoms with Crippen LogP contribution in [-0.2, 0) is 0 Å². The molecule has 0 aliphatic heterocycles. The minimum atomic E-state index is 1.05. The lowest BCUT2D eigenvalue weighted by Crippen LogP contribution is -2.21. The van der Waals surface area contributed by atoms with E-state index < -0.39 is 0 Å². The van der Waals surface area contributed by atoms with Crippen LogP contribution in [0.25, 0.3) is 0 Å². The zero-order valence-electron chi connectivity index (χ0n) is 6.15. The zero-order chi connectivity index (χ0) is 7.40. The van der Waals surface area contributed by atoms with Crippen molar-refractivity contribution in [1.29, 1.82) is 0 Å². The Balaban J connectivity index is 2.34. The second kappa shape index (κ2) is 5.17. The fraction of sp³-hybridized carbons (Fsp3) is 1.00. The van der Waals surface area contributed by atoms with E-state index in [1.807, 2.05) is 0 Å². The Hall–Kier alpha value is 1.46. The molecule has 0 aromatic carbocycles. The molecule has 1 saturated carbocycles. The van der Waals surface area contributed by atoms with Gasteiger partial charge in [0.05, 0.1) is 0 Å². The summed E-state index contributed by atoms with van der Waals surface area (Å²) < 4.78 is 2.76. The van der Waals surface area contributed by atoms with Crippen molar-refractivity contribution >= 4 is 45.2 Å². The van der Waals surface area contributed by atoms with Crippen LogP contribution in [0.3, 0.4) is 0 Å². The largest absolute Gasteiger partial charge is 0.0861 e. The highest BCUT2D eigenvalue weighted by molar-refractivity contribution is 14.1. The molecule has 0 nitrogen and oxygen atoms in total. The molecular formula is C8H14I2. The molecule has 0 N–H and O–H groups in total. The molecule has 1 rings (SSSR count). The lowest BCUT2D eigenvalue weighted by Gasteiger charge is -2.28. The first-order valence-corrected chi connectivity index (χ1v) is 7.05. The van der Waals surface area contributed by atoms with E-state index in [9.17, 15) is 0 Å². The molecule has 0 amide bonds. The van der Waals surface area contributed by atoms with E-state index in [4.69, 9.17) is 0 Å². The highest BCUT2D eigenvalue weighted by Gasteiger charge is 2.22. The Morgan fingerprint density at radius 1 is 0.900 bits per heavy atom. The van der Waals surface area contributed by atoms with Gasteiger partial charge in [-0.25, -0.2) is 0 Å². The van der Waals surface area contributed by atoms with E-state index in [0.717, 1.165) is 11.8 Å². The molecule has 1 aliphatic rings. The number of alkyl halides is 2. The van der Waals surface area contributed by atoms with Crippen LogP contribution in [-0.4, -0.2) is 8.86 Å². The highest BCUT2D eigenvalue weighted by Crippen LogP contribution is 2.32. The van der Waals surface area contributed by atoms with Gasteiger partial charge in [0.15, 0.2) is 0 Å². The van der Waals surface area contributed by atoms with Crippen LogP contribution in [0.4, 0.5) is 0 Å². The third-order valence-electron chi connectivity index (χ3n) is 2.46. The summed E-state index contributed by atoms with van der Waals surface area (Å²) in [4.78, 5) is 0. The zero-order valence-corrected chi connectivity index (χ0v) is 10.5. The molecule has 1 aliphatic carbocycles. The van der Waals surface area contributed by atoms with Crippen molar-refractivity contribution in [2.24, 2.45) is 11.8 Å². The van der Waals surface area contributed by atoms with E-state index >= 15 is 0 Å². The van der Waals surface area contributed by atoms with E-state index in [-0.39, 0.29) is 0 Å². The average molecular weight is 364 g/mol. The van der Waals surface area contributed by atoms with Gasteiger partial charge in [0.2, 0.25) is 0 Å². The molecule has 2 heteroatoms. The maximum Gasteiger partial charge on any atom is 0.00266 e. The molecule has 0 saturated heterocycles. The number of rotatable bonds is 2. The third kappa shape index (κ3) is 2.50. The molecule has 60 valence electrons. The van der Waals surface area contributed by atoms with E-state index in [2.05, 4.69) is 45.2 Å². The summed E-state index contributed by atoms with van der Waals surface area (Å²) in [5, 5.41) is 0. The number of hydrogen-bond donors (Lipinski definition) is 0. The van der Waals surface area contributed by atoms with Crippen LogP contribution in [0.1, 0.15) is 25.7 Å². The lowest BCUT2D eigenvalue weighted by atomic mass is 9.82. The Labute approximate surface area is 90.8 Å². The van der Waals surface area contributed by atoms with E-state index in [1.54, 1.807) is 0 Å². The highest BCUT2D eigenvalue weighted by atomic mass is 127. The molecule has 0 unspecified atom stereocenters. The van der Waals surface area contributed by atoms with Gasteiger partial charge in [0.1, 0.15) is 0 Å². The van der Waals surface area contributed by atoms with Crippen molar-refractivity contribution in [3.05, 3.63) is 0 Å². The predicted molar refractivity (Wildman–Crippen MR) is 63.2 cm³/mol. The third-order valence-corrected chi connectivity index (χ3v) is 4.73. The smallest absolute Gasteiger partial charge is 0.00266 e. The normalized spacial score (nSPS) is 34.2. The fourth-order valence-electron chi connectivity index (χ4n) is 1.69. The molecular weight excluding hydrogens is 350 g/mol. The van der Waals surface area contributed by atoms with Gasteiger partial charge in [-0.1, -0.05) is 58.0 Å². The summed E-state index contributed by atoms with van der Waals surface area (Å²) in [6.07, 6.45) is 5.97. The van der Waals surface area contributed by atoms with Gasteiger partial charge >= 0.3 is 0 Å². The Morgan fingerprint density at radius 3 is 1.60 bits per heavy atom. The summed E-state index contributed by atoms with van der Waals surface area (Å²) in [5.41, 5.74) is 0.